The number of nitrogens with zero attached hydrogens (tertiary/aromatic N) is 1. The Bertz CT molecular complexity index is 497. The second-order valence-corrected chi connectivity index (χ2v) is 3.80. The lowest BCUT2D eigenvalue weighted by Crippen LogP contribution is -2.19. The van der Waals surface area contributed by atoms with Crippen molar-refractivity contribution in [2.75, 3.05) is 0 Å². The maximum absolute atomic E-state index is 11.6. The van der Waals surface area contributed by atoms with Crippen LogP contribution in [0.5, 0.6) is 0 Å². The molecule has 0 aliphatic heterocycles. The molecule has 0 fully saturated rings. The SMILES string of the molecule is Cc1[nH]c(=O)c(C#N)cc1C(=O)C(C)Cl. The maximum Gasteiger partial charge on any atom is 0.266 e. The van der Waals surface area contributed by atoms with Crippen molar-refractivity contribution in [3.05, 3.63) is 33.2 Å². The van der Waals surface area contributed by atoms with E-state index >= 15 is 0 Å². The van der Waals surface area contributed by atoms with E-state index in [1.165, 1.54) is 6.07 Å². The first-order valence-corrected chi connectivity index (χ1v) is 4.73. The summed E-state index contributed by atoms with van der Waals surface area (Å²) in [6, 6.07) is 2.99. The van der Waals surface area contributed by atoms with Crippen LogP contribution in [-0.4, -0.2) is 16.1 Å². The third-order valence-electron chi connectivity index (χ3n) is 1.99. The van der Waals surface area contributed by atoms with Crippen molar-refractivity contribution in [1.29, 1.82) is 5.26 Å². The zero-order chi connectivity index (χ0) is 11.6. The molecule has 0 amide bonds. The predicted octanol–water partition coefficient (Wildman–Crippen LogP) is 1.36. The molecular weight excluding hydrogens is 216 g/mol. The van der Waals surface area contributed by atoms with Crippen LogP contribution in [0.2, 0.25) is 0 Å². The van der Waals surface area contributed by atoms with Crippen molar-refractivity contribution < 1.29 is 4.79 Å². The zero-order valence-corrected chi connectivity index (χ0v) is 9.05. The summed E-state index contributed by atoms with van der Waals surface area (Å²) in [5.74, 6) is -0.304. The van der Waals surface area contributed by atoms with Gasteiger partial charge in [0.05, 0.1) is 5.38 Å². The minimum atomic E-state index is -0.679. The average molecular weight is 225 g/mol. The van der Waals surface area contributed by atoms with Gasteiger partial charge < -0.3 is 4.98 Å². The highest BCUT2D eigenvalue weighted by Crippen LogP contribution is 2.11. The largest absolute Gasteiger partial charge is 0.325 e. The molecular formula is C10H9ClN2O2. The maximum atomic E-state index is 11.6. The molecule has 1 unspecified atom stereocenters. The molecule has 1 heterocycles. The Kier molecular flexibility index (Phi) is 3.28. The number of alkyl halides is 1. The fraction of sp³-hybridized carbons (Fsp3) is 0.300. The van der Waals surface area contributed by atoms with Gasteiger partial charge in [-0.25, -0.2) is 0 Å². The number of carbonyl (C=O) groups excluding carboxylic acids is 1. The third kappa shape index (κ3) is 2.25. The summed E-state index contributed by atoms with van der Waals surface area (Å²) in [7, 11) is 0. The molecule has 0 saturated carbocycles. The Hall–Kier alpha value is -1.60. The third-order valence-corrected chi connectivity index (χ3v) is 2.18. The zero-order valence-electron chi connectivity index (χ0n) is 8.30. The number of aromatic nitrogens is 1. The minimum Gasteiger partial charge on any atom is -0.325 e. The number of aryl methyl sites for hydroxylation is 1. The monoisotopic (exact) mass is 224 g/mol. The van der Waals surface area contributed by atoms with Gasteiger partial charge in [-0.2, -0.15) is 5.26 Å². The molecule has 15 heavy (non-hydrogen) atoms. The lowest BCUT2D eigenvalue weighted by molar-refractivity contribution is 0.0990. The number of nitriles is 1. The molecule has 1 N–H and O–H groups in total. The molecule has 0 spiro atoms. The van der Waals surface area contributed by atoms with Crippen molar-refractivity contribution in [2.45, 2.75) is 19.2 Å². The summed E-state index contributed by atoms with van der Waals surface area (Å²) >= 11 is 5.65. The van der Waals surface area contributed by atoms with E-state index in [0.717, 1.165) is 0 Å². The van der Waals surface area contributed by atoms with Crippen LogP contribution in [0.4, 0.5) is 0 Å². The first-order valence-electron chi connectivity index (χ1n) is 4.29. The number of aromatic amines is 1. The van der Waals surface area contributed by atoms with Crippen molar-refractivity contribution in [1.82, 2.24) is 4.98 Å². The van der Waals surface area contributed by atoms with Gasteiger partial charge in [-0.05, 0) is 19.9 Å². The van der Waals surface area contributed by atoms with Crippen LogP contribution in [0.15, 0.2) is 10.9 Å². The van der Waals surface area contributed by atoms with Crippen molar-refractivity contribution in [3.8, 4) is 6.07 Å². The Balaban J connectivity index is 3.39. The number of carbonyl (C=O) groups is 1. The molecule has 1 aromatic rings. The van der Waals surface area contributed by atoms with E-state index in [9.17, 15) is 9.59 Å². The Labute approximate surface area is 91.5 Å². The van der Waals surface area contributed by atoms with Crippen LogP contribution < -0.4 is 5.56 Å². The van der Waals surface area contributed by atoms with Crippen molar-refractivity contribution >= 4 is 17.4 Å². The van der Waals surface area contributed by atoms with E-state index in [0.29, 0.717) is 5.69 Å². The van der Waals surface area contributed by atoms with Crippen LogP contribution in [-0.2, 0) is 0 Å². The Morgan fingerprint density at radius 3 is 2.73 bits per heavy atom. The van der Waals surface area contributed by atoms with Gasteiger partial charge in [0.25, 0.3) is 5.56 Å². The smallest absolute Gasteiger partial charge is 0.266 e. The lowest BCUT2D eigenvalue weighted by atomic mass is 10.1. The van der Waals surface area contributed by atoms with Crippen LogP contribution in [0, 0.1) is 18.3 Å². The first-order chi connectivity index (χ1) is 6.97. The number of ketones is 1. The highest BCUT2D eigenvalue weighted by Gasteiger charge is 2.16. The average Bonchev–Trinajstić information content (AvgIpc) is 2.17. The molecule has 1 rings (SSSR count). The fourth-order valence-corrected chi connectivity index (χ4v) is 1.29. The number of halogens is 1. The summed E-state index contributed by atoms with van der Waals surface area (Å²) in [5.41, 5.74) is 0.139. The first kappa shape index (κ1) is 11.5. The molecule has 0 radical (unpaired) electrons. The molecule has 0 saturated heterocycles. The van der Waals surface area contributed by atoms with E-state index in [1.54, 1.807) is 19.9 Å². The Morgan fingerprint density at radius 1 is 1.67 bits per heavy atom. The van der Waals surface area contributed by atoms with Gasteiger partial charge in [0.2, 0.25) is 0 Å². The molecule has 0 bridgehead atoms. The van der Waals surface area contributed by atoms with Crippen LogP contribution >= 0.6 is 11.6 Å². The summed E-state index contributed by atoms with van der Waals surface area (Å²) in [5, 5.41) is 7.96. The summed E-state index contributed by atoms with van der Waals surface area (Å²) in [6.45, 7) is 3.13. The predicted molar refractivity (Wildman–Crippen MR) is 56.2 cm³/mol. The molecule has 0 aliphatic carbocycles. The van der Waals surface area contributed by atoms with E-state index in [-0.39, 0.29) is 16.9 Å². The number of hydrogen-bond donors (Lipinski definition) is 1. The van der Waals surface area contributed by atoms with Crippen LogP contribution in [0.3, 0.4) is 0 Å². The standard InChI is InChI=1S/C10H9ClN2O2/c1-5(11)9(14)8-3-7(4-12)10(15)13-6(8)2/h3,5H,1-2H3,(H,13,15). The van der Waals surface area contributed by atoms with E-state index in [1.807, 2.05) is 0 Å². The normalized spacial score (nSPS) is 11.9. The second-order valence-electron chi connectivity index (χ2n) is 3.14. The highest BCUT2D eigenvalue weighted by molar-refractivity contribution is 6.33. The number of hydrogen-bond acceptors (Lipinski definition) is 3. The number of pyridine rings is 1. The number of nitrogens with one attached hydrogen (secondary N) is 1. The van der Waals surface area contributed by atoms with Gasteiger partial charge >= 0.3 is 0 Å². The quantitative estimate of drug-likeness (QED) is 0.609. The van der Waals surface area contributed by atoms with Gasteiger partial charge in [0, 0.05) is 11.3 Å². The number of H-pyrrole nitrogens is 1. The topological polar surface area (TPSA) is 73.7 Å². The lowest BCUT2D eigenvalue weighted by Gasteiger charge is -2.05. The van der Waals surface area contributed by atoms with Gasteiger partial charge in [0.15, 0.2) is 5.78 Å². The summed E-state index contributed by atoms with van der Waals surface area (Å²) < 4.78 is 0. The van der Waals surface area contributed by atoms with Gasteiger partial charge in [-0.3, -0.25) is 9.59 Å². The van der Waals surface area contributed by atoms with Crippen molar-refractivity contribution in [2.24, 2.45) is 0 Å². The number of Topliss-reactive ketones (excluding diaryl/α,β-unsaturated/α-hetero) is 1. The van der Waals surface area contributed by atoms with E-state index in [4.69, 9.17) is 16.9 Å². The van der Waals surface area contributed by atoms with Gasteiger partial charge in [0.1, 0.15) is 11.6 Å². The highest BCUT2D eigenvalue weighted by atomic mass is 35.5. The van der Waals surface area contributed by atoms with Gasteiger partial charge in [-0.15, -0.1) is 11.6 Å². The molecule has 78 valence electrons. The van der Waals surface area contributed by atoms with Crippen molar-refractivity contribution in [3.63, 3.8) is 0 Å². The summed E-state index contributed by atoms with van der Waals surface area (Å²) in [6.07, 6.45) is 0. The minimum absolute atomic E-state index is 0.0822. The molecule has 5 heteroatoms. The Morgan fingerprint density at radius 2 is 2.27 bits per heavy atom. The van der Waals surface area contributed by atoms with Crippen LogP contribution in [0.1, 0.15) is 28.5 Å². The molecule has 4 nitrogen and oxygen atoms in total. The molecule has 1 atom stereocenters. The molecule has 0 aliphatic rings. The fourth-order valence-electron chi connectivity index (χ4n) is 1.18. The van der Waals surface area contributed by atoms with Gasteiger partial charge in [-0.1, -0.05) is 0 Å². The van der Waals surface area contributed by atoms with E-state index in [2.05, 4.69) is 4.98 Å². The van der Waals surface area contributed by atoms with E-state index < -0.39 is 10.9 Å². The van der Waals surface area contributed by atoms with Crippen LogP contribution in [0.25, 0.3) is 0 Å². The molecule has 1 aromatic heterocycles. The molecule has 0 aromatic carbocycles. The summed E-state index contributed by atoms with van der Waals surface area (Å²) in [4.78, 5) is 25.2. The number of rotatable bonds is 2. The second kappa shape index (κ2) is 4.28.